The number of rotatable bonds is 3. The van der Waals surface area contributed by atoms with E-state index in [4.69, 9.17) is 4.74 Å². The number of piperidine rings is 1. The standard InChI is InChI=1S/C19H22N2O2S/c22-18(12-14-7-10-23-17-6-2-1-5-16(14)17)21-9-3-4-15(13-21)19-20-8-11-24-19/h1-2,5-6,8,11,14-15H,3-4,7,9-10,12-13H2/t14-,15+/m1/s1. The number of likely N-dealkylation sites (tertiary alicyclic amines) is 1. The number of thiazole rings is 1. The summed E-state index contributed by atoms with van der Waals surface area (Å²) < 4.78 is 5.71. The topological polar surface area (TPSA) is 42.4 Å². The average Bonchev–Trinajstić information content (AvgIpc) is 3.17. The summed E-state index contributed by atoms with van der Waals surface area (Å²) in [5.41, 5.74) is 1.19. The summed E-state index contributed by atoms with van der Waals surface area (Å²) in [4.78, 5) is 19.4. The highest BCUT2D eigenvalue weighted by Gasteiger charge is 2.29. The molecule has 4 nitrogen and oxygen atoms in total. The van der Waals surface area contributed by atoms with Gasteiger partial charge in [-0.3, -0.25) is 4.79 Å². The van der Waals surface area contributed by atoms with Crippen LogP contribution >= 0.6 is 11.3 Å². The summed E-state index contributed by atoms with van der Waals surface area (Å²) in [5, 5.41) is 3.19. The van der Waals surface area contributed by atoms with Crippen LogP contribution in [0.3, 0.4) is 0 Å². The second-order valence-electron chi connectivity index (χ2n) is 6.63. The Kier molecular flexibility index (Phi) is 4.52. The van der Waals surface area contributed by atoms with Gasteiger partial charge in [0.25, 0.3) is 0 Å². The second kappa shape index (κ2) is 6.93. The average molecular weight is 342 g/mol. The third-order valence-electron chi connectivity index (χ3n) is 5.08. The Morgan fingerprint density at radius 3 is 3.12 bits per heavy atom. The zero-order chi connectivity index (χ0) is 16.4. The third kappa shape index (κ3) is 3.18. The van der Waals surface area contributed by atoms with Gasteiger partial charge in [0, 0.05) is 37.0 Å². The molecule has 1 aromatic carbocycles. The zero-order valence-electron chi connectivity index (χ0n) is 13.7. The summed E-state index contributed by atoms with van der Waals surface area (Å²) >= 11 is 1.70. The molecular weight excluding hydrogens is 320 g/mol. The van der Waals surface area contributed by atoms with E-state index in [0.717, 1.165) is 38.1 Å². The summed E-state index contributed by atoms with van der Waals surface area (Å²) in [6.07, 6.45) is 5.58. The fraction of sp³-hybridized carbons (Fsp3) is 0.474. The quantitative estimate of drug-likeness (QED) is 0.852. The Bertz CT molecular complexity index is 701. The molecule has 1 amide bonds. The Balaban J connectivity index is 1.43. The predicted molar refractivity (Wildman–Crippen MR) is 94.6 cm³/mol. The first-order valence-electron chi connectivity index (χ1n) is 8.70. The van der Waals surface area contributed by atoms with Crippen LogP contribution in [0.4, 0.5) is 0 Å². The van der Waals surface area contributed by atoms with Gasteiger partial charge in [-0.05, 0) is 36.8 Å². The van der Waals surface area contributed by atoms with Gasteiger partial charge in [0.1, 0.15) is 5.75 Å². The molecule has 126 valence electrons. The molecule has 0 spiro atoms. The summed E-state index contributed by atoms with van der Waals surface area (Å²) in [6, 6.07) is 8.13. The minimum atomic E-state index is 0.276. The largest absolute Gasteiger partial charge is 0.493 e. The molecule has 1 aromatic heterocycles. The number of amides is 1. The van der Waals surface area contributed by atoms with Crippen LogP contribution in [0.5, 0.6) is 5.75 Å². The van der Waals surface area contributed by atoms with Gasteiger partial charge in [-0.2, -0.15) is 0 Å². The van der Waals surface area contributed by atoms with Crippen LogP contribution < -0.4 is 4.74 Å². The van der Waals surface area contributed by atoms with Crippen LogP contribution in [0.25, 0.3) is 0 Å². The van der Waals surface area contributed by atoms with Crippen molar-refractivity contribution >= 4 is 17.2 Å². The molecule has 0 bridgehead atoms. The molecule has 0 N–H and O–H groups in total. The molecule has 0 aliphatic carbocycles. The van der Waals surface area contributed by atoms with Crippen molar-refractivity contribution in [2.24, 2.45) is 0 Å². The molecule has 24 heavy (non-hydrogen) atoms. The molecular formula is C19H22N2O2S. The van der Waals surface area contributed by atoms with E-state index < -0.39 is 0 Å². The third-order valence-corrected chi connectivity index (χ3v) is 6.02. The van der Waals surface area contributed by atoms with Crippen LogP contribution in [0.1, 0.15) is 48.1 Å². The van der Waals surface area contributed by atoms with Crippen molar-refractivity contribution in [1.82, 2.24) is 9.88 Å². The number of fused-ring (bicyclic) bond motifs is 1. The summed E-state index contributed by atoms with van der Waals surface area (Å²) in [6.45, 7) is 2.40. The van der Waals surface area contributed by atoms with Gasteiger partial charge < -0.3 is 9.64 Å². The van der Waals surface area contributed by atoms with Crippen molar-refractivity contribution < 1.29 is 9.53 Å². The first-order chi connectivity index (χ1) is 11.8. The lowest BCUT2D eigenvalue weighted by Crippen LogP contribution is -2.39. The smallest absolute Gasteiger partial charge is 0.223 e. The van der Waals surface area contributed by atoms with Gasteiger partial charge in [-0.25, -0.2) is 4.98 Å². The molecule has 2 aliphatic heterocycles. The molecule has 0 unspecified atom stereocenters. The second-order valence-corrected chi connectivity index (χ2v) is 7.55. The van der Waals surface area contributed by atoms with Crippen molar-refractivity contribution in [3.8, 4) is 5.75 Å². The monoisotopic (exact) mass is 342 g/mol. The molecule has 2 aromatic rings. The fourth-order valence-corrected chi connectivity index (χ4v) is 4.58. The van der Waals surface area contributed by atoms with Gasteiger partial charge in [0.05, 0.1) is 11.6 Å². The first-order valence-corrected chi connectivity index (χ1v) is 9.58. The number of aromatic nitrogens is 1. The zero-order valence-corrected chi connectivity index (χ0v) is 14.5. The highest BCUT2D eigenvalue weighted by molar-refractivity contribution is 7.09. The van der Waals surface area contributed by atoms with Crippen molar-refractivity contribution in [1.29, 1.82) is 0 Å². The van der Waals surface area contributed by atoms with Gasteiger partial charge >= 0.3 is 0 Å². The maximum absolute atomic E-state index is 12.9. The number of carbonyl (C=O) groups excluding carboxylic acids is 1. The van der Waals surface area contributed by atoms with Gasteiger partial charge in [0.2, 0.25) is 5.91 Å². The van der Waals surface area contributed by atoms with Crippen molar-refractivity contribution in [3.05, 3.63) is 46.4 Å². The van der Waals surface area contributed by atoms with E-state index in [-0.39, 0.29) is 11.8 Å². The van der Waals surface area contributed by atoms with E-state index in [9.17, 15) is 4.79 Å². The van der Waals surface area contributed by atoms with E-state index in [1.165, 1.54) is 10.6 Å². The predicted octanol–water partition coefficient (Wildman–Crippen LogP) is 3.81. The number of nitrogens with zero attached hydrogens (tertiary/aromatic N) is 2. The number of hydrogen-bond acceptors (Lipinski definition) is 4. The Hall–Kier alpha value is -1.88. The Morgan fingerprint density at radius 1 is 1.33 bits per heavy atom. The minimum Gasteiger partial charge on any atom is -0.493 e. The lowest BCUT2D eigenvalue weighted by molar-refractivity contribution is -0.133. The SMILES string of the molecule is O=C(C[C@H]1CCOc2ccccc21)N1CCC[C@H](c2nccs2)C1. The van der Waals surface area contributed by atoms with E-state index in [2.05, 4.69) is 11.1 Å². The number of benzene rings is 1. The first kappa shape index (κ1) is 15.6. The highest BCUT2D eigenvalue weighted by Crippen LogP contribution is 2.36. The molecule has 0 saturated carbocycles. The number of para-hydroxylation sites is 1. The summed E-state index contributed by atoms with van der Waals surface area (Å²) in [5.74, 6) is 1.91. The number of hydrogen-bond donors (Lipinski definition) is 0. The molecule has 0 radical (unpaired) electrons. The fourth-order valence-electron chi connectivity index (χ4n) is 3.81. The molecule has 3 heterocycles. The van der Waals surface area contributed by atoms with Crippen molar-refractivity contribution in [3.63, 3.8) is 0 Å². The van der Waals surface area contributed by atoms with Gasteiger partial charge in [-0.15, -0.1) is 11.3 Å². The lowest BCUT2D eigenvalue weighted by atomic mass is 9.89. The number of ether oxygens (including phenoxy) is 1. The molecule has 2 atom stereocenters. The van der Waals surface area contributed by atoms with E-state index in [1.54, 1.807) is 11.3 Å². The van der Waals surface area contributed by atoms with Gasteiger partial charge in [-0.1, -0.05) is 18.2 Å². The van der Waals surface area contributed by atoms with Crippen LogP contribution in [0.2, 0.25) is 0 Å². The van der Waals surface area contributed by atoms with Crippen LogP contribution in [-0.2, 0) is 4.79 Å². The Morgan fingerprint density at radius 2 is 2.25 bits per heavy atom. The van der Waals surface area contributed by atoms with E-state index in [1.807, 2.05) is 34.7 Å². The van der Waals surface area contributed by atoms with Gasteiger partial charge in [0.15, 0.2) is 0 Å². The molecule has 1 saturated heterocycles. The van der Waals surface area contributed by atoms with Crippen LogP contribution in [0, 0.1) is 0 Å². The molecule has 1 fully saturated rings. The number of carbonyl (C=O) groups is 1. The molecule has 2 aliphatic rings. The normalized spacial score (nSPS) is 23.4. The highest BCUT2D eigenvalue weighted by atomic mass is 32.1. The van der Waals surface area contributed by atoms with E-state index in [0.29, 0.717) is 18.9 Å². The maximum Gasteiger partial charge on any atom is 0.223 e. The van der Waals surface area contributed by atoms with Crippen molar-refractivity contribution in [2.45, 2.75) is 37.5 Å². The maximum atomic E-state index is 12.9. The molecule has 5 heteroatoms. The lowest BCUT2D eigenvalue weighted by Gasteiger charge is -2.33. The minimum absolute atomic E-state index is 0.276. The van der Waals surface area contributed by atoms with Crippen molar-refractivity contribution in [2.75, 3.05) is 19.7 Å². The molecule has 4 rings (SSSR count). The van der Waals surface area contributed by atoms with Crippen LogP contribution in [0.15, 0.2) is 35.8 Å². The Labute approximate surface area is 146 Å². The van der Waals surface area contributed by atoms with E-state index >= 15 is 0 Å². The summed E-state index contributed by atoms with van der Waals surface area (Å²) in [7, 11) is 0. The van der Waals surface area contributed by atoms with Crippen LogP contribution in [-0.4, -0.2) is 35.5 Å².